The number of hydrogen-bond donors (Lipinski definition) is 2. The lowest BCUT2D eigenvalue weighted by Crippen LogP contribution is -2.13. The number of H-pyrrole nitrogens is 1. The molecule has 23 heavy (non-hydrogen) atoms. The van der Waals surface area contributed by atoms with E-state index in [0.29, 0.717) is 17.1 Å². The van der Waals surface area contributed by atoms with Gasteiger partial charge in [-0.1, -0.05) is 35.9 Å². The molecule has 0 fully saturated rings. The minimum absolute atomic E-state index is 0.230. The third kappa shape index (κ3) is 3.37. The molecule has 0 atom stereocenters. The Morgan fingerprint density at radius 3 is 2.70 bits per heavy atom. The number of rotatable bonds is 4. The maximum atomic E-state index is 12.2. The van der Waals surface area contributed by atoms with Crippen molar-refractivity contribution in [1.29, 1.82) is 0 Å². The Bertz CT molecular complexity index is 825. The largest absolute Gasteiger partial charge is 0.497 e. The maximum absolute atomic E-state index is 12.2. The summed E-state index contributed by atoms with van der Waals surface area (Å²) in [7, 11) is 1.56. The summed E-state index contributed by atoms with van der Waals surface area (Å²) < 4.78 is 5.11. The first kappa shape index (κ1) is 14.8. The van der Waals surface area contributed by atoms with Gasteiger partial charge in [0.1, 0.15) is 5.75 Å². The SMILES string of the molecule is COc1cccc(C(=O)Nc2n[nH]c(-c3ccc(C)cc3)n2)c1. The Hall–Kier alpha value is -3.15. The first-order valence-corrected chi connectivity index (χ1v) is 7.10. The van der Waals surface area contributed by atoms with Gasteiger partial charge in [-0.05, 0) is 25.1 Å². The Kier molecular flexibility index (Phi) is 4.05. The third-order valence-corrected chi connectivity index (χ3v) is 3.37. The zero-order valence-electron chi connectivity index (χ0n) is 12.8. The highest BCUT2D eigenvalue weighted by molar-refractivity contribution is 6.03. The van der Waals surface area contributed by atoms with E-state index in [1.165, 1.54) is 5.56 Å². The highest BCUT2D eigenvalue weighted by Gasteiger charge is 2.11. The van der Waals surface area contributed by atoms with E-state index >= 15 is 0 Å². The van der Waals surface area contributed by atoms with E-state index in [1.54, 1.807) is 31.4 Å². The molecule has 1 aromatic heterocycles. The van der Waals surface area contributed by atoms with Gasteiger partial charge in [-0.25, -0.2) is 0 Å². The fraction of sp³-hybridized carbons (Fsp3) is 0.118. The number of methoxy groups -OCH3 is 1. The first-order chi connectivity index (χ1) is 11.2. The van der Waals surface area contributed by atoms with E-state index in [1.807, 2.05) is 31.2 Å². The summed E-state index contributed by atoms with van der Waals surface area (Å²) in [5, 5.41) is 9.51. The van der Waals surface area contributed by atoms with Crippen LogP contribution in [0.5, 0.6) is 5.75 Å². The van der Waals surface area contributed by atoms with Crippen molar-refractivity contribution in [2.75, 3.05) is 12.4 Å². The number of aryl methyl sites for hydroxylation is 1. The Balaban J connectivity index is 1.75. The molecule has 3 aromatic rings. The van der Waals surface area contributed by atoms with Gasteiger partial charge >= 0.3 is 0 Å². The molecule has 0 radical (unpaired) electrons. The molecule has 0 aliphatic rings. The molecule has 0 bridgehead atoms. The third-order valence-electron chi connectivity index (χ3n) is 3.37. The average Bonchev–Trinajstić information content (AvgIpc) is 3.04. The normalized spacial score (nSPS) is 10.3. The summed E-state index contributed by atoms with van der Waals surface area (Å²) in [6.07, 6.45) is 0. The van der Waals surface area contributed by atoms with Crippen molar-refractivity contribution in [3.8, 4) is 17.1 Å². The van der Waals surface area contributed by atoms with Crippen molar-refractivity contribution in [1.82, 2.24) is 15.2 Å². The Morgan fingerprint density at radius 2 is 1.96 bits per heavy atom. The van der Waals surface area contributed by atoms with Crippen LogP contribution in [0, 0.1) is 6.92 Å². The number of aromatic amines is 1. The van der Waals surface area contributed by atoms with Gasteiger partial charge in [0, 0.05) is 11.1 Å². The molecule has 0 unspecified atom stereocenters. The fourth-order valence-electron chi connectivity index (χ4n) is 2.10. The molecule has 3 rings (SSSR count). The van der Waals surface area contributed by atoms with Crippen LogP contribution in [0.1, 0.15) is 15.9 Å². The monoisotopic (exact) mass is 308 g/mol. The topological polar surface area (TPSA) is 79.9 Å². The summed E-state index contributed by atoms with van der Waals surface area (Å²) >= 11 is 0. The van der Waals surface area contributed by atoms with Gasteiger partial charge in [0.05, 0.1) is 7.11 Å². The van der Waals surface area contributed by atoms with Crippen LogP contribution < -0.4 is 10.1 Å². The molecule has 2 aromatic carbocycles. The number of carbonyl (C=O) groups is 1. The van der Waals surface area contributed by atoms with Gasteiger partial charge in [-0.2, -0.15) is 4.98 Å². The number of aromatic nitrogens is 3. The Labute approximate surface area is 133 Å². The van der Waals surface area contributed by atoms with Gasteiger partial charge < -0.3 is 4.74 Å². The number of nitrogens with zero attached hydrogens (tertiary/aromatic N) is 2. The Morgan fingerprint density at radius 1 is 1.17 bits per heavy atom. The molecule has 0 spiro atoms. The van der Waals surface area contributed by atoms with Crippen molar-refractivity contribution in [3.63, 3.8) is 0 Å². The molecule has 0 saturated carbocycles. The van der Waals surface area contributed by atoms with Gasteiger partial charge in [0.25, 0.3) is 5.91 Å². The molecular formula is C17H16N4O2. The van der Waals surface area contributed by atoms with Crippen molar-refractivity contribution in [2.24, 2.45) is 0 Å². The standard InChI is InChI=1S/C17H16N4O2/c1-11-6-8-12(9-7-11)15-18-17(21-20-15)19-16(22)13-4-3-5-14(10-13)23-2/h3-10H,1-2H3,(H2,18,19,20,21,22). The summed E-state index contributed by atoms with van der Waals surface area (Å²) in [6.45, 7) is 2.02. The lowest BCUT2D eigenvalue weighted by atomic mass is 10.1. The number of ether oxygens (including phenoxy) is 1. The molecule has 1 amide bonds. The quantitative estimate of drug-likeness (QED) is 0.776. The molecule has 6 nitrogen and oxygen atoms in total. The summed E-state index contributed by atoms with van der Waals surface area (Å²) in [5.74, 6) is 1.16. The van der Waals surface area contributed by atoms with Gasteiger partial charge in [0.2, 0.25) is 5.95 Å². The van der Waals surface area contributed by atoms with Crippen molar-refractivity contribution in [2.45, 2.75) is 6.92 Å². The molecular weight excluding hydrogens is 292 g/mol. The molecule has 116 valence electrons. The summed E-state index contributed by atoms with van der Waals surface area (Å²) in [6, 6.07) is 14.8. The number of carbonyl (C=O) groups excluding carboxylic acids is 1. The van der Waals surface area contributed by atoms with E-state index in [2.05, 4.69) is 20.5 Å². The van der Waals surface area contributed by atoms with Crippen LogP contribution in [-0.4, -0.2) is 28.2 Å². The van der Waals surface area contributed by atoms with E-state index in [9.17, 15) is 4.79 Å². The van der Waals surface area contributed by atoms with E-state index in [-0.39, 0.29) is 11.9 Å². The second kappa shape index (κ2) is 6.31. The molecule has 0 saturated heterocycles. The summed E-state index contributed by atoms with van der Waals surface area (Å²) in [4.78, 5) is 16.5. The smallest absolute Gasteiger partial charge is 0.258 e. The van der Waals surface area contributed by atoms with Crippen molar-refractivity contribution in [3.05, 3.63) is 59.7 Å². The lowest BCUT2D eigenvalue weighted by molar-refractivity contribution is 0.102. The van der Waals surface area contributed by atoms with Gasteiger partial charge in [-0.15, -0.1) is 5.10 Å². The molecule has 6 heteroatoms. The van der Waals surface area contributed by atoms with Gasteiger partial charge in [0.15, 0.2) is 5.82 Å². The molecule has 0 aliphatic carbocycles. The predicted octanol–water partition coefficient (Wildman–Crippen LogP) is 3.04. The van der Waals surface area contributed by atoms with Crippen LogP contribution in [0.4, 0.5) is 5.95 Å². The van der Waals surface area contributed by atoms with Crippen LogP contribution in [0.25, 0.3) is 11.4 Å². The van der Waals surface area contributed by atoms with Crippen LogP contribution in [0.2, 0.25) is 0 Å². The highest BCUT2D eigenvalue weighted by atomic mass is 16.5. The van der Waals surface area contributed by atoms with Gasteiger partial charge in [-0.3, -0.25) is 15.2 Å². The van der Waals surface area contributed by atoms with E-state index in [0.717, 1.165) is 5.56 Å². The van der Waals surface area contributed by atoms with Crippen molar-refractivity contribution >= 4 is 11.9 Å². The first-order valence-electron chi connectivity index (χ1n) is 7.10. The second-order valence-electron chi connectivity index (χ2n) is 5.06. The number of hydrogen-bond acceptors (Lipinski definition) is 4. The van der Waals surface area contributed by atoms with Crippen LogP contribution in [-0.2, 0) is 0 Å². The minimum Gasteiger partial charge on any atom is -0.497 e. The number of benzene rings is 2. The number of anilines is 1. The molecule has 0 aliphatic heterocycles. The zero-order chi connectivity index (χ0) is 16.2. The fourth-order valence-corrected chi connectivity index (χ4v) is 2.10. The summed E-state index contributed by atoms with van der Waals surface area (Å²) in [5.41, 5.74) is 2.55. The van der Waals surface area contributed by atoms with E-state index < -0.39 is 0 Å². The zero-order valence-corrected chi connectivity index (χ0v) is 12.8. The molecule has 2 N–H and O–H groups in total. The van der Waals surface area contributed by atoms with Crippen LogP contribution >= 0.6 is 0 Å². The predicted molar refractivity (Wildman–Crippen MR) is 87.5 cm³/mol. The molecule has 1 heterocycles. The highest BCUT2D eigenvalue weighted by Crippen LogP contribution is 2.17. The number of amides is 1. The second-order valence-corrected chi connectivity index (χ2v) is 5.06. The average molecular weight is 308 g/mol. The minimum atomic E-state index is -0.293. The lowest BCUT2D eigenvalue weighted by Gasteiger charge is -2.03. The van der Waals surface area contributed by atoms with E-state index in [4.69, 9.17) is 4.74 Å². The number of nitrogens with one attached hydrogen (secondary N) is 2. The van der Waals surface area contributed by atoms with Crippen molar-refractivity contribution < 1.29 is 9.53 Å². The maximum Gasteiger partial charge on any atom is 0.258 e. The van der Waals surface area contributed by atoms with Crippen LogP contribution in [0.3, 0.4) is 0 Å². The van der Waals surface area contributed by atoms with Crippen LogP contribution in [0.15, 0.2) is 48.5 Å².